The summed E-state index contributed by atoms with van der Waals surface area (Å²) in [5.41, 5.74) is 3.68. The van der Waals surface area contributed by atoms with E-state index in [2.05, 4.69) is 5.10 Å². The molecular formula is C20H18N4O3. The number of nitro benzene ring substituents is 1. The van der Waals surface area contributed by atoms with E-state index in [0.717, 1.165) is 22.5 Å². The number of carbonyl (C=O) groups is 1. The minimum absolute atomic E-state index is 0.0232. The maximum atomic E-state index is 12.6. The van der Waals surface area contributed by atoms with Crippen LogP contribution in [-0.4, -0.2) is 27.2 Å². The molecule has 7 heteroatoms. The molecule has 3 aromatic rings. The van der Waals surface area contributed by atoms with Crippen LogP contribution < -0.4 is 4.90 Å². The highest BCUT2D eigenvalue weighted by Gasteiger charge is 2.26. The van der Waals surface area contributed by atoms with Gasteiger partial charge in [-0.25, -0.2) is 4.68 Å². The Balaban J connectivity index is 1.41. The summed E-state index contributed by atoms with van der Waals surface area (Å²) in [7, 11) is 0. The Kier molecular flexibility index (Phi) is 4.42. The number of non-ortho nitro benzene ring substituents is 1. The summed E-state index contributed by atoms with van der Waals surface area (Å²) >= 11 is 0. The number of nitrogens with zero attached hydrogens (tertiary/aromatic N) is 4. The van der Waals surface area contributed by atoms with Gasteiger partial charge in [0.2, 0.25) is 5.91 Å². The lowest BCUT2D eigenvalue weighted by molar-refractivity contribution is -0.384. The molecule has 1 aliphatic rings. The standard InChI is InChI=1S/C20H18N4O3/c25-20(22-11-10-16-12-18(24(26)27)7-8-19(16)22)9-6-15-13-21-23(14-15)17-4-2-1-3-5-17/h1-5,7-8,12-14H,6,9-11H2. The van der Waals surface area contributed by atoms with Crippen molar-refractivity contribution in [3.05, 3.63) is 82.2 Å². The first-order chi connectivity index (χ1) is 13.1. The highest BCUT2D eigenvalue weighted by Crippen LogP contribution is 2.31. The van der Waals surface area contributed by atoms with Crippen LogP contribution in [-0.2, 0) is 17.6 Å². The number of amides is 1. The first-order valence-electron chi connectivity index (χ1n) is 8.78. The van der Waals surface area contributed by atoms with Crippen LogP contribution in [0.4, 0.5) is 11.4 Å². The summed E-state index contributed by atoms with van der Waals surface area (Å²) in [4.78, 5) is 24.9. The van der Waals surface area contributed by atoms with Gasteiger partial charge >= 0.3 is 0 Å². The second-order valence-corrected chi connectivity index (χ2v) is 6.49. The molecule has 1 aromatic heterocycles. The summed E-state index contributed by atoms with van der Waals surface area (Å²) in [6, 6.07) is 14.5. The first-order valence-corrected chi connectivity index (χ1v) is 8.78. The largest absolute Gasteiger partial charge is 0.312 e. The second-order valence-electron chi connectivity index (χ2n) is 6.49. The number of aromatic nitrogens is 2. The van der Waals surface area contributed by atoms with E-state index in [4.69, 9.17) is 0 Å². The minimum Gasteiger partial charge on any atom is -0.312 e. The van der Waals surface area contributed by atoms with Gasteiger partial charge in [0.1, 0.15) is 0 Å². The van der Waals surface area contributed by atoms with Gasteiger partial charge in [-0.2, -0.15) is 5.10 Å². The van der Waals surface area contributed by atoms with Crippen LogP contribution in [0.25, 0.3) is 5.69 Å². The molecule has 1 aliphatic heterocycles. The minimum atomic E-state index is -0.408. The Morgan fingerprint density at radius 1 is 1.19 bits per heavy atom. The van der Waals surface area contributed by atoms with Gasteiger partial charge in [0.15, 0.2) is 0 Å². The van der Waals surface area contributed by atoms with Crippen LogP contribution in [0.2, 0.25) is 0 Å². The summed E-state index contributed by atoms with van der Waals surface area (Å²) in [6.45, 7) is 0.568. The first kappa shape index (κ1) is 17.0. The van der Waals surface area contributed by atoms with Crippen LogP contribution in [0, 0.1) is 10.1 Å². The fourth-order valence-corrected chi connectivity index (χ4v) is 3.36. The highest BCUT2D eigenvalue weighted by atomic mass is 16.6. The zero-order valence-electron chi connectivity index (χ0n) is 14.6. The zero-order chi connectivity index (χ0) is 18.8. The molecule has 7 nitrogen and oxygen atoms in total. The van der Waals surface area contributed by atoms with E-state index in [1.54, 1.807) is 27.9 Å². The average molecular weight is 362 g/mol. The van der Waals surface area contributed by atoms with E-state index in [-0.39, 0.29) is 11.6 Å². The number of carbonyl (C=O) groups excluding carboxylic acids is 1. The third kappa shape index (κ3) is 3.44. The molecule has 136 valence electrons. The number of rotatable bonds is 5. The van der Waals surface area contributed by atoms with E-state index >= 15 is 0 Å². The Labute approximate surface area is 156 Å². The molecule has 0 unspecified atom stereocenters. The molecule has 0 radical (unpaired) electrons. The van der Waals surface area contributed by atoms with E-state index in [0.29, 0.717) is 25.8 Å². The fraction of sp³-hybridized carbons (Fsp3) is 0.200. The summed E-state index contributed by atoms with van der Waals surface area (Å²) < 4.78 is 1.80. The van der Waals surface area contributed by atoms with Crippen LogP contribution in [0.5, 0.6) is 0 Å². The number of aryl methyl sites for hydroxylation is 1. The van der Waals surface area contributed by atoms with Crippen molar-refractivity contribution in [2.75, 3.05) is 11.4 Å². The smallest absolute Gasteiger partial charge is 0.269 e. The number of fused-ring (bicyclic) bond motifs is 1. The maximum absolute atomic E-state index is 12.6. The molecule has 4 rings (SSSR count). The molecule has 2 heterocycles. The van der Waals surface area contributed by atoms with Gasteiger partial charge in [0.25, 0.3) is 5.69 Å². The maximum Gasteiger partial charge on any atom is 0.269 e. The van der Waals surface area contributed by atoms with Gasteiger partial charge in [-0.1, -0.05) is 18.2 Å². The quantitative estimate of drug-likeness (QED) is 0.515. The summed E-state index contributed by atoms with van der Waals surface area (Å²) in [6.07, 6.45) is 5.33. The number of para-hydroxylation sites is 1. The molecule has 0 atom stereocenters. The average Bonchev–Trinajstić information content (AvgIpc) is 3.33. The third-order valence-electron chi connectivity index (χ3n) is 4.75. The lowest BCUT2D eigenvalue weighted by atomic mass is 10.1. The van der Waals surface area contributed by atoms with Crippen molar-refractivity contribution in [3.8, 4) is 5.69 Å². The van der Waals surface area contributed by atoms with E-state index < -0.39 is 4.92 Å². The van der Waals surface area contributed by atoms with E-state index in [9.17, 15) is 14.9 Å². The van der Waals surface area contributed by atoms with Crippen molar-refractivity contribution >= 4 is 17.3 Å². The molecule has 2 aromatic carbocycles. The molecule has 27 heavy (non-hydrogen) atoms. The number of benzene rings is 2. The number of anilines is 1. The van der Waals surface area contributed by atoms with Gasteiger partial charge in [-0.3, -0.25) is 14.9 Å². The highest BCUT2D eigenvalue weighted by molar-refractivity contribution is 5.95. The van der Waals surface area contributed by atoms with Crippen molar-refractivity contribution in [2.45, 2.75) is 19.3 Å². The molecule has 1 amide bonds. The Hall–Kier alpha value is -3.48. The van der Waals surface area contributed by atoms with Gasteiger partial charge in [0.05, 0.1) is 16.8 Å². The molecule has 0 fully saturated rings. The molecule has 0 saturated carbocycles. The van der Waals surface area contributed by atoms with E-state index in [1.807, 2.05) is 36.5 Å². The Bertz CT molecular complexity index is 997. The van der Waals surface area contributed by atoms with E-state index in [1.165, 1.54) is 6.07 Å². The van der Waals surface area contributed by atoms with Crippen LogP contribution in [0.1, 0.15) is 17.5 Å². The predicted molar refractivity (Wildman–Crippen MR) is 101 cm³/mol. The SMILES string of the molecule is O=C(CCc1cnn(-c2ccccc2)c1)N1CCc2cc([N+](=O)[O-])ccc21. The predicted octanol–water partition coefficient (Wildman–Crippen LogP) is 3.30. The number of nitro groups is 1. The van der Waals surface area contributed by atoms with Crippen molar-refractivity contribution < 1.29 is 9.72 Å². The second kappa shape index (κ2) is 7.03. The van der Waals surface area contributed by atoms with Crippen molar-refractivity contribution in [1.29, 1.82) is 0 Å². The Morgan fingerprint density at radius 3 is 2.78 bits per heavy atom. The summed E-state index contributed by atoms with van der Waals surface area (Å²) in [5.74, 6) is 0.0232. The summed E-state index contributed by atoms with van der Waals surface area (Å²) in [5, 5.41) is 15.2. The monoisotopic (exact) mass is 362 g/mol. The van der Waals surface area contributed by atoms with Crippen molar-refractivity contribution in [3.63, 3.8) is 0 Å². The van der Waals surface area contributed by atoms with Crippen LogP contribution in [0.3, 0.4) is 0 Å². The Morgan fingerprint density at radius 2 is 2.00 bits per heavy atom. The number of hydrogen-bond donors (Lipinski definition) is 0. The molecular weight excluding hydrogens is 344 g/mol. The van der Waals surface area contributed by atoms with Crippen LogP contribution in [0.15, 0.2) is 60.9 Å². The molecule has 0 spiro atoms. The fourth-order valence-electron chi connectivity index (χ4n) is 3.36. The van der Waals surface area contributed by atoms with Gasteiger partial charge < -0.3 is 4.90 Å². The van der Waals surface area contributed by atoms with Crippen LogP contribution >= 0.6 is 0 Å². The molecule has 0 N–H and O–H groups in total. The lowest BCUT2D eigenvalue weighted by Gasteiger charge is -2.17. The third-order valence-corrected chi connectivity index (χ3v) is 4.75. The molecule has 0 saturated heterocycles. The normalized spacial score (nSPS) is 12.8. The van der Waals surface area contributed by atoms with Crippen molar-refractivity contribution in [2.24, 2.45) is 0 Å². The van der Waals surface area contributed by atoms with Gasteiger partial charge in [-0.05, 0) is 42.2 Å². The molecule has 0 bridgehead atoms. The van der Waals surface area contributed by atoms with Crippen molar-refractivity contribution in [1.82, 2.24) is 9.78 Å². The van der Waals surface area contributed by atoms with Gasteiger partial charge in [0, 0.05) is 37.0 Å². The topological polar surface area (TPSA) is 81.3 Å². The molecule has 0 aliphatic carbocycles. The lowest BCUT2D eigenvalue weighted by Crippen LogP contribution is -2.29. The number of hydrogen-bond acceptors (Lipinski definition) is 4. The zero-order valence-corrected chi connectivity index (χ0v) is 14.6. The van der Waals surface area contributed by atoms with Gasteiger partial charge in [-0.15, -0.1) is 0 Å².